The number of urea groups is 1. The lowest BCUT2D eigenvalue weighted by Crippen LogP contribution is -2.52. The molecule has 0 aromatic heterocycles. The number of rotatable bonds is 3. The lowest BCUT2D eigenvalue weighted by molar-refractivity contribution is -0.143. The number of hydrogen-bond donors (Lipinski definition) is 1. The van der Waals surface area contributed by atoms with E-state index >= 15 is 0 Å². The predicted molar refractivity (Wildman–Crippen MR) is 116 cm³/mol. The number of likely N-dealkylation sites (tertiary alicyclic amines) is 1. The zero-order chi connectivity index (χ0) is 25.4. The van der Waals surface area contributed by atoms with E-state index in [2.05, 4.69) is 0 Å². The molecular weight excluding hydrogens is 460 g/mol. The maximum absolute atomic E-state index is 13.5. The number of amides is 2. The van der Waals surface area contributed by atoms with Gasteiger partial charge in [-0.15, -0.1) is 0 Å². The van der Waals surface area contributed by atoms with Crippen LogP contribution in [0.1, 0.15) is 59.7 Å². The van der Waals surface area contributed by atoms with Gasteiger partial charge in [-0.05, 0) is 61.6 Å². The lowest BCUT2D eigenvalue weighted by atomic mass is 9.88. The second-order valence-electron chi connectivity index (χ2n) is 8.71. The maximum atomic E-state index is 13.5. The van der Waals surface area contributed by atoms with Crippen LogP contribution in [0, 0.1) is 6.92 Å². The third-order valence-electron chi connectivity index (χ3n) is 6.41. The Morgan fingerprint density at radius 2 is 1.62 bits per heavy atom. The lowest BCUT2D eigenvalue weighted by Gasteiger charge is -2.43. The molecule has 0 aliphatic carbocycles. The molecule has 2 aromatic carbocycles. The number of nitrogens with two attached hydrogens (primary N) is 1. The second-order valence-corrected chi connectivity index (χ2v) is 8.71. The molecule has 1 aliphatic rings. The number of hydrogen-bond acceptors (Lipinski definition) is 2. The zero-order valence-corrected chi connectivity index (χ0v) is 19.0. The van der Waals surface area contributed by atoms with Crippen LogP contribution in [-0.4, -0.2) is 35.5 Å². The summed E-state index contributed by atoms with van der Waals surface area (Å²) in [7, 11) is 1.37. The van der Waals surface area contributed by atoms with E-state index in [0.29, 0.717) is 31.5 Å². The summed E-state index contributed by atoms with van der Waals surface area (Å²) in [5.74, 6) is 0. The van der Waals surface area contributed by atoms with E-state index in [-0.39, 0.29) is 17.7 Å². The maximum Gasteiger partial charge on any atom is 0.416 e. The first-order valence-electron chi connectivity index (χ1n) is 10.9. The summed E-state index contributed by atoms with van der Waals surface area (Å²) in [4.78, 5) is 16.2. The molecule has 1 saturated heterocycles. The van der Waals surface area contributed by atoms with E-state index in [1.165, 1.54) is 18.9 Å². The zero-order valence-electron chi connectivity index (χ0n) is 19.0. The molecule has 10 heteroatoms. The summed E-state index contributed by atoms with van der Waals surface area (Å²) in [5, 5.41) is 0. The number of benzene rings is 2. The molecule has 0 spiro atoms. The highest BCUT2D eigenvalue weighted by molar-refractivity contribution is 5.75. The average Bonchev–Trinajstić information content (AvgIpc) is 2.76. The Hall–Kier alpha value is -2.75. The van der Waals surface area contributed by atoms with Gasteiger partial charge in [-0.1, -0.05) is 24.3 Å². The molecule has 2 aromatic rings. The minimum absolute atomic E-state index is 0.0793. The van der Waals surface area contributed by atoms with Gasteiger partial charge < -0.3 is 15.5 Å². The summed E-state index contributed by atoms with van der Waals surface area (Å²) in [6.45, 7) is 3.67. The first-order chi connectivity index (χ1) is 15.7. The van der Waals surface area contributed by atoms with Crippen LogP contribution in [0.15, 0.2) is 42.5 Å². The van der Waals surface area contributed by atoms with Crippen molar-refractivity contribution >= 4 is 6.03 Å². The summed E-state index contributed by atoms with van der Waals surface area (Å²) in [6.07, 6.45) is -8.61. The van der Waals surface area contributed by atoms with E-state index in [1.807, 2.05) is 31.2 Å². The molecule has 2 N–H and O–H groups in total. The number of nitrogens with zero attached hydrogens (tertiary/aromatic N) is 2. The standard InChI is InChI=1S/C24H27F6N3O/c1-14-7-4-5-8-19(14)21-20(31)9-6-10-33(21)22(34)32(3)15(2)16-11-17(23(25,26)27)13-18(12-16)24(28,29)30/h4-5,7-8,11-13,15,20-21H,6,9-10,31H2,1-3H3/t15-,20-,21+/m1/s1. The molecule has 1 heterocycles. The molecule has 0 bridgehead atoms. The molecule has 4 nitrogen and oxygen atoms in total. The van der Waals surface area contributed by atoms with Gasteiger partial charge >= 0.3 is 18.4 Å². The minimum Gasteiger partial charge on any atom is -0.326 e. The second kappa shape index (κ2) is 9.48. The fraction of sp³-hybridized carbons (Fsp3) is 0.458. The summed E-state index contributed by atoms with van der Waals surface area (Å²) >= 11 is 0. The first kappa shape index (κ1) is 25.9. The Morgan fingerprint density at radius 1 is 1.06 bits per heavy atom. The van der Waals surface area contributed by atoms with Crippen LogP contribution in [0.2, 0.25) is 0 Å². The van der Waals surface area contributed by atoms with Crippen molar-refractivity contribution in [1.29, 1.82) is 0 Å². The third kappa shape index (κ3) is 5.32. The number of halogens is 6. The Balaban J connectivity index is 1.96. The number of aryl methyl sites for hydroxylation is 1. The van der Waals surface area contributed by atoms with Gasteiger partial charge in [0.05, 0.1) is 23.2 Å². The van der Waals surface area contributed by atoms with Gasteiger partial charge in [0.1, 0.15) is 0 Å². The van der Waals surface area contributed by atoms with E-state index in [1.54, 1.807) is 4.90 Å². The van der Waals surface area contributed by atoms with Crippen molar-refractivity contribution in [2.24, 2.45) is 5.73 Å². The van der Waals surface area contributed by atoms with Crippen LogP contribution in [0.25, 0.3) is 0 Å². The molecular formula is C24H27F6N3O. The summed E-state index contributed by atoms with van der Waals surface area (Å²) in [5.41, 5.74) is 5.08. The van der Waals surface area contributed by atoms with Crippen molar-refractivity contribution in [1.82, 2.24) is 9.80 Å². The Labute approximate surface area is 194 Å². The van der Waals surface area contributed by atoms with E-state index in [9.17, 15) is 31.1 Å². The van der Waals surface area contributed by atoms with E-state index < -0.39 is 41.6 Å². The van der Waals surface area contributed by atoms with Gasteiger partial charge in [-0.25, -0.2) is 4.79 Å². The molecule has 3 rings (SSSR count). The largest absolute Gasteiger partial charge is 0.416 e. The molecule has 1 fully saturated rings. The van der Waals surface area contributed by atoms with Crippen LogP contribution >= 0.6 is 0 Å². The van der Waals surface area contributed by atoms with Crippen LogP contribution in [0.5, 0.6) is 0 Å². The highest BCUT2D eigenvalue weighted by Gasteiger charge is 2.39. The van der Waals surface area contributed by atoms with Crippen LogP contribution in [0.3, 0.4) is 0 Å². The topological polar surface area (TPSA) is 49.6 Å². The SMILES string of the molecule is Cc1ccccc1[C@H]1[C@H](N)CCCN1C(=O)N(C)[C@H](C)c1cc(C(F)(F)F)cc(C(F)(F)F)c1. The minimum atomic E-state index is -4.96. The molecule has 2 amide bonds. The molecule has 0 radical (unpaired) electrons. The van der Waals surface area contributed by atoms with Crippen molar-refractivity contribution < 1.29 is 31.1 Å². The fourth-order valence-electron chi connectivity index (χ4n) is 4.37. The van der Waals surface area contributed by atoms with Gasteiger partial charge in [0.15, 0.2) is 0 Å². The quantitative estimate of drug-likeness (QED) is 0.516. The Bertz CT molecular complexity index is 1000. The molecule has 0 unspecified atom stereocenters. The van der Waals surface area contributed by atoms with E-state index in [4.69, 9.17) is 5.73 Å². The number of piperidine rings is 1. The van der Waals surface area contributed by atoms with E-state index in [0.717, 1.165) is 11.1 Å². The highest BCUT2D eigenvalue weighted by Crippen LogP contribution is 2.39. The van der Waals surface area contributed by atoms with Crippen molar-refractivity contribution in [3.8, 4) is 0 Å². The van der Waals surface area contributed by atoms with Crippen molar-refractivity contribution in [2.45, 2.75) is 57.2 Å². The highest BCUT2D eigenvalue weighted by atomic mass is 19.4. The molecule has 3 atom stereocenters. The Morgan fingerprint density at radius 3 is 2.15 bits per heavy atom. The average molecular weight is 487 g/mol. The summed E-state index contributed by atoms with van der Waals surface area (Å²) < 4.78 is 79.8. The monoisotopic (exact) mass is 487 g/mol. The van der Waals surface area contributed by atoms with Crippen LogP contribution in [-0.2, 0) is 12.4 Å². The normalized spacial score (nSPS) is 20.2. The molecule has 0 saturated carbocycles. The van der Waals surface area contributed by atoms with Crippen molar-refractivity contribution in [2.75, 3.05) is 13.6 Å². The fourth-order valence-corrected chi connectivity index (χ4v) is 4.37. The molecule has 186 valence electrons. The van der Waals surface area contributed by atoms with Gasteiger partial charge in [0.2, 0.25) is 0 Å². The van der Waals surface area contributed by atoms with Crippen LogP contribution in [0.4, 0.5) is 31.1 Å². The molecule has 1 aliphatic heterocycles. The van der Waals surface area contributed by atoms with Crippen molar-refractivity contribution in [3.63, 3.8) is 0 Å². The predicted octanol–water partition coefficient (Wildman–Crippen LogP) is 6.31. The van der Waals surface area contributed by atoms with Gasteiger partial charge in [0, 0.05) is 19.6 Å². The van der Waals surface area contributed by atoms with Crippen molar-refractivity contribution in [3.05, 3.63) is 70.3 Å². The van der Waals surface area contributed by atoms with Gasteiger partial charge in [-0.3, -0.25) is 0 Å². The number of carbonyl (C=O) groups excluding carboxylic acids is 1. The van der Waals surface area contributed by atoms with Gasteiger partial charge in [0.25, 0.3) is 0 Å². The number of carbonyl (C=O) groups is 1. The number of alkyl halides is 6. The Kier molecular flexibility index (Phi) is 7.21. The smallest absolute Gasteiger partial charge is 0.326 e. The first-order valence-corrected chi connectivity index (χ1v) is 10.9. The van der Waals surface area contributed by atoms with Crippen LogP contribution < -0.4 is 5.73 Å². The van der Waals surface area contributed by atoms with Gasteiger partial charge in [-0.2, -0.15) is 26.3 Å². The molecule has 34 heavy (non-hydrogen) atoms. The summed E-state index contributed by atoms with van der Waals surface area (Å²) in [6, 6.07) is 6.49. The third-order valence-corrected chi connectivity index (χ3v) is 6.41.